The van der Waals surface area contributed by atoms with Gasteiger partial charge in [0.1, 0.15) is 0 Å². The van der Waals surface area contributed by atoms with Gasteiger partial charge < -0.3 is 10.2 Å². The smallest absolute Gasteiger partial charge is 0.271 e. The average molecular weight is 411 g/mol. The minimum absolute atomic E-state index is 0.166. The zero-order valence-electron chi connectivity index (χ0n) is 16.8. The van der Waals surface area contributed by atoms with Crippen LogP contribution in [0, 0.1) is 0 Å². The van der Waals surface area contributed by atoms with E-state index >= 15 is 0 Å². The monoisotopic (exact) mass is 411 g/mol. The lowest BCUT2D eigenvalue weighted by molar-refractivity contribution is -0.129. The van der Waals surface area contributed by atoms with Gasteiger partial charge in [0.2, 0.25) is 11.6 Å². The van der Waals surface area contributed by atoms with Gasteiger partial charge in [0.25, 0.3) is 11.8 Å². The van der Waals surface area contributed by atoms with Crippen LogP contribution in [-0.4, -0.2) is 28.3 Å². The molecule has 0 unspecified atom stereocenters. The Kier molecular flexibility index (Phi) is 4.55. The maximum Gasteiger partial charge on any atom is 0.271 e. The van der Waals surface area contributed by atoms with Crippen molar-refractivity contribution in [2.24, 2.45) is 0 Å². The van der Waals surface area contributed by atoms with E-state index in [-0.39, 0.29) is 37.1 Å². The summed E-state index contributed by atoms with van der Waals surface area (Å²) < 4.78 is 0. The van der Waals surface area contributed by atoms with E-state index < -0.39 is 5.66 Å². The Labute approximate surface area is 180 Å². The molecule has 6 heteroatoms. The Balaban J connectivity index is 1.66. The maximum absolute atomic E-state index is 13.8. The summed E-state index contributed by atoms with van der Waals surface area (Å²) in [7, 11) is 0. The molecule has 3 aromatic rings. The molecule has 3 amide bonds. The van der Waals surface area contributed by atoms with Gasteiger partial charge in [-0.3, -0.25) is 19.3 Å². The number of benzene rings is 3. The molecule has 31 heavy (non-hydrogen) atoms. The number of hydrogen-bond donors (Lipinski definition) is 1. The lowest BCUT2D eigenvalue weighted by Crippen LogP contribution is -2.69. The van der Waals surface area contributed by atoms with Gasteiger partial charge in [0, 0.05) is 25.1 Å². The molecule has 1 fully saturated rings. The highest BCUT2D eigenvalue weighted by Gasteiger charge is 2.60. The van der Waals surface area contributed by atoms with Gasteiger partial charge in [0.15, 0.2) is 0 Å². The summed E-state index contributed by atoms with van der Waals surface area (Å²) in [6.07, 6.45) is 0.423. The summed E-state index contributed by atoms with van der Waals surface area (Å²) in [5, 5.41) is 2.93. The van der Waals surface area contributed by atoms with Crippen molar-refractivity contribution in [2.75, 3.05) is 10.2 Å². The lowest BCUT2D eigenvalue weighted by atomic mass is 9.94. The number of anilines is 2. The number of rotatable bonds is 4. The van der Waals surface area contributed by atoms with E-state index in [0.29, 0.717) is 16.9 Å². The first kappa shape index (κ1) is 19.1. The number of hydrogen-bond acceptors (Lipinski definition) is 3. The van der Waals surface area contributed by atoms with Gasteiger partial charge in [-0.05, 0) is 29.8 Å². The van der Waals surface area contributed by atoms with Crippen molar-refractivity contribution in [1.82, 2.24) is 4.90 Å². The van der Waals surface area contributed by atoms with Gasteiger partial charge >= 0.3 is 0 Å². The van der Waals surface area contributed by atoms with Crippen LogP contribution in [-0.2, 0) is 16.1 Å². The van der Waals surface area contributed by atoms with E-state index in [2.05, 4.69) is 5.32 Å². The third-order valence-electron chi connectivity index (χ3n) is 5.95. The standard InChI is InChI=1S/C25H21N3O3/c29-22-15-16-25(24(31)26-19-11-5-2-6-12-19)27(17-18-9-3-1-4-10-18)23(30)20-13-7-8-14-21(20)28(22)25/h1-14H,15-17H2,(H,26,31)/t25-/m1/s1. The number of nitrogens with one attached hydrogen (secondary N) is 1. The zero-order valence-corrected chi connectivity index (χ0v) is 16.8. The molecule has 3 aromatic carbocycles. The summed E-state index contributed by atoms with van der Waals surface area (Å²) in [4.78, 5) is 43.5. The normalized spacial score (nSPS) is 19.7. The van der Waals surface area contributed by atoms with Crippen molar-refractivity contribution in [3.63, 3.8) is 0 Å². The summed E-state index contributed by atoms with van der Waals surface area (Å²) in [5.41, 5.74) is 1.00. The predicted octanol–water partition coefficient (Wildman–Crippen LogP) is 3.80. The molecule has 0 radical (unpaired) electrons. The second-order valence-electron chi connectivity index (χ2n) is 7.76. The third kappa shape index (κ3) is 2.99. The van der Waals surface area contributed by atoms with Gasteiger partial charge in [0.05, 0.1) is 11.3 Å². The van der Waals surface area contributed by atoms with E-state index in [9.17, 15) is 14.4 Å². The fourth-order valence-corrected chi connectivity index (χ4v) is 4.52. The van der Waals surface area contributed by atoms with Crippen LogP contribution in [0.3, 0.4) is 0 Å². The predicted molar refractivity (Wildman–Crippen MR) is 117 cm³/mol. The summed E-state index contributed by atoms with van der Waals surface area (Å²) >= 11 is 0. The van der Waals surface area contributed by atoms with E-state index in [1.165, 1.54) is 4.90 Å². The Morgan fingerprint density at radius 2 is 1.52 bits per heavy atom. The first-order valence-corrected chi connectivity index (χ1v) is 10.3. The summed E-state index contributed by atoms with van der Waals surface area (Å²) in [6, 6.07) is 25.6. The van der Waals surface area contributed by atoms with Crippen LogP contribution in [0.15, 0.2) is 84.9 Å². The van der Waals surface area contributed by atoms with E-state index in [0.717, 1.165) is 5.56 Å². The molecule has 1 atom stereocenters. The zero-order chi connectivity index (χ0) is 21.4. The second-order valence-corrected chi connectivity index (χ2v) is 7.76. The molecule has 2 aliphatic heterocycles. The molecule has 2 aliphatic rings. The number of amides is 3. The highest BCUT2D eigenvalue weighted by atomic mass is 16.2. The van der Waals surface area contributed by atoms with Crippen LogP contribution in [0.25, 0.3) is 0 Å². The Morgan fingerprint density at radius 1 is 0.871 bits per heavy atom. The third-order valence-corrected chi connectivity index (χ3v) is 5.95. The molecule has 0 spiro atoms. The van der Waals surface area contributed by atoms with E-state index in [1.54, 1.807) is 41.3 Å². The van der Waals surface area contributed by atoms with Crippen LogP contribution >= 0.6 is 0 Å². The summed E-state index contributed by atoms with van der Waals surface area (Å²) in [6.45, 7) is 0.222. The molecule has 2 heterocycles. The first-order chi connectivity index (χ1) is 15.1. The highest BCUT2D eigenvalue weighted by molar-refractivity contribution is 6.18. The van der Waals surface area contributed by atoms with Gasteiger partial charge in [-0.15, -0.1) is 0 Å². The maximum atomic E-state index is 13.8. The average Bonchev–Trinajstić information content (AvgIpc) is 3.16. The molecule has 1 N–H and O–H groups in total. The number of fused-ring (bicyclic) bond motifs is 3. The molecule has 0 saturated carbocycles. The number of para-hydroxylation sites is 2. The van der Waals surface area contributed by atoms with Crippen LogP contribution in [0.2, 0.25) is 0 Å². The van der Waals surface area contributed by atoms with Gasteiger partial charge in [-0.1, -0.05) is 60.7 Å². The highest BCUT2D eigenvalue weighted by Crippen LogP contribution is 2.45. The molecule has 6 nitrogen and oxygen atoms in total. The first-order valence-electron chi connectivity index (χ1n) is 10.3. The fourth-order valence-electron chi connectivity index (χ4n) is 4.52. The van der Waals surface area contributed by atoms with Crippen LogP contribution in [0.4, 0.5) is 11.4 Å². The molecule has 154 valence electrons. The van der Waals surface area contributed by atoms with Crippen molar-refractivity contribution in [2.45, 2.75) is 25.0 Å². The molecule has 0 aromatic heterocycles. The second kappa shape index (κ2) is 7.40. The van der Waals surface area contributed by atoms with E-state index in [1.807, 2.05) is 48.5 Å². The summed E-state index contributed by atoms with van der Waals surface area (Å²) in [5.74, 6) is -0.807. The number of carbonyl (C=O) groups is 3. The quantitative estimate of drug-likeness (QED) is 0.710. The lowest BCUT2D eigenvalue weighted by Gasteiger charge is -2.49. The molecular formula is C25H21N3O3. The van der Waals surface area contributed by atoms with Crippen molar-refractivity contribution in [3.8, 4) is 0 Å². The Hall–Kier alpha value is -3.93. The molecule has 0 aliphatic carbocycles. The fraction of sp³-hybridized carbons (Fsp3) is 0.160. The van der Waals surface area contributed by atoms with Crippen LogP contribution < -0.4 is 10.2 Å². The van der Waals surface area contributed by atoms with Crippen LogP contribution in [0.1, 0.15) is 28.8 Å². The molecule has 5 rings (SSSR count). The van der Waals surface area contributed by atoms with Crippen molar-refractivity contribution < 1.29 is 14.4 Å². The molecule has 1 saturated heterocycles. The minimum Gasteiger partial charge on any atom is -0.322 e. The van der Waals surface area contributed by atoms with E-state index in [4.69, 9.17) is 0 Å². The number of nitrogens with zero attached hydrogens (tertiary/aromatic N) is 2. The largest absolute Gasteiger partial charge is 0.322 e. The SMILES string of the molecule is O=C1c2ccccc2N2C(=O)CC[C@@]2(C(=O)Nc2ccccc2)N1Cc1ccccc1. The minimum atomic E-state index is -1.42. The van der Waals surface area contributed by atoms with Gasteiger partial charge in [-0.25, -0.2) is 0 Å². The van der Waals surface area contributed by atoms with Crippen molar-refractivity contribution in [1.29, 1.82) is 0 Å². The number of carbonyl (C=O) groups excluding carboxylic acids is 3. The Bertz CT molecular complexity index is 1160. The topological polar surface area (TPSA) is 69.7 Å². The van der Waals surface area contributed by atoms with Crippen LogP contribution in [0.5, 0.6) is 0 Å². The van der Waals surface area contributed by atoms with Gasteiger partial charge in [-0.2, -0.15) is 0 Å². The van der Waals surface area contributed by atoms with Crippen molar-refractivity contribution in [3.05, 3.63) is 96.1 Å². The van der Waals surface area contributed by atoms with Crippen molar-refractivity contribution >= 4 is 29.1 Å². The molecule has 0 bridgehead atoms. The Morgan fingerprint density at radius 3 is 2.26 bits per heavy atom. The molecular weight excluding hydrogens is 390 g/mol.